The second kappa shape index (κ2) is 8.31. The number of ether oxygens (including phenoxy) is 1. The number of allylic oxidation sites excluding steroid dienone is 3. The van der Waals surface area contributed by atoms with E-state index in [2.05, 4.69) is 18.6 Å². The second-order valence-corrected chi connectivity index (χ2v) is 4.62. The molecule has 0 amide bonds. The summed E-state index contributed by atoms with van der Waals surface area (Å²) in [5.74, 6) is 2.43. The molecule has 4 heteroatoms. The molecule has 0 aromatic heterocycles. The van der Waals surface area contributed by atoms with Crippen LogP contribution in [0.4, 0.5) is 4.39 Å². The minimum Gasteiger partial charge on any atom is -0.493 e. The molecule has 111 valence electrons. The van der Waals surface area contributed by atoms with Crippen molar-refractivity contribution < 1.29 is 41.8 Å². The Labute approximate surface area is 156 Å². The van der Waals surface area contributed by atoms with E-state index < -0.39 is 0 Å². The number of nitrogens with zero attached hydrogens (tertiary/aromatic N) is 1. The van der Waals surface area contributed by atoms with Crippen LogP contribution in [0.15, 0.2) is 42.1 Å². The largest absolute Gasteiger partial charge is 0.493 e. The monoisotopic (exact) mass is 371 g/mol. The number of likely N-dealkylation sites (N-methyl/N-ethyl adjacent to an activating group) is 1. The summed E-state index contributed by atoms with van der Waals surface area (Å²) in [5.41, 5.74) is 2.80. The first kappa shape index (κ1) is 18.7. The Balaban J connectivity index is 0.00000242. The molecule has 0 unspecified atom stereocenters. The molecule has 22 heavy (non-hydrogen) atoms. The van der Waals surface area contributed by atoms with E-state index in [4.69, 9.17) is 11.2 Å². The summed E-state index contributed by atoms with van der Waals surface area (Å²) in [6.45, 7) is 8.73. The topological polar surface area (TPSA) is 12.5 Å². The van der Waals surface area contributed by atoms with Gasteiger partial charge in [-0.15, -0.1) is 12.0 Å². The van der Waals surface area contributed by atoms with Gasteiger partial charge in [-0.05, 0) is 30.3 Å². The predicted molar refractivity (Wildman–Crippen MR) is 82.7 cm³/mol. The van der Waals surface area contributed by atoms with Gasteiger partial charge in [-0.3, -0.25) is 0 Å². The summed E-state index contributed by atoms with van der Waals surface area (Å²) in [4.78, 5) is 1.91. The van der Waals surface area contributed by atoms with Gasteiger partial charge in [0.2, 0.25) is 0 Å². The first-order valence-corrected chi connectivity index (χ1v) is 6.72. The van der Waals surface area contributed by atoms with Crippen LogP contribution in [0.2, 0.25) is 0 Å². The fraction of sp³-hybridized carbons (Fsp3) is 0.222. The first-order valence-electron chi connectivity index (χ1n) is 6.72. The van der Waals surface area contributed by atoms with Crippen molar-refractivity contribution in [1.82, 2.24) is 4.90 Å². The third-order valence-electron chi connectivity index (χ3n) is 3.32. The molecular formula is C18H17FNOY-. The van der Waals surface area contributed by atoms with Crippen molar-refractivity contribution in [3.63, 3.8) is 0 Å². The van der Waals surface area contributed by atoms with E-state index in [0.717, 1.165) is 11.3 Å². The minimum atomic E-state index is -0.369. The summed E-state index contributed by atoms with van der Waals surface area (Å²) < 4.78 is 19.8. The molecule has 0 bridgehead atoms. The maximum Gasteiger partial charge on any atom is 0.147 e. The number of hydrogen-bond acceptors (Lipinski definition) is 2. The summed E-state index contributed by atoms with van der Waals surface area (Å²) in [6, 6.07) is 4.70. The molecule has 0 fully saturated rings. The number of terminal acetylenes is 1. The molecule has 0 atom stereocenters. The van der Waals surface area contributed by atoms with Gasteiger partial charge in [0.15, 0.2) is 0 Å². The van der Waals surface area contributed by atoms with Crippen molar-refractivity contribution in [1.29, 1.82) is 0 Å². The molecule has 0 spiro atoms. The van der Waals surface area contributed by atoms with Gasteiger partial charge in [0, 0.05) is 39.3 Å². The molecule has 1 aromatic rings. The van der Waals surface area contributed by atoms with E-state index in [1.54, 1.807) is 18.2 Å². The van der Waals surface area contributed by atoms with Crippen LogP contribution in [0.1, 0.15) is 19.4 Å². The number of benzene rings is 1. The Bertz CT molecular complexity index is 670. The van der Waals surface area contributed by atoms with Gasteiger partial charge in [-0.2, -0.15) is 12.2 Å². The van der Waals surface area contributed by atoms with Gasteiger partial charge in [-0.25, -0.2) is 4.39 Å². The Morgan fingerprint density at radius 2 is 2.18 bits per heavy atom. The van der Waals surface area contributed by atoms with Gasteiger partial charge < -0.3 is 9.64 Å². The van der Waals surface area contributed by atoms with E-state index in [-0.39, 0.29) is 45.1 Å². The number of hydrogen-bond donors (Lipinski definition) is 0. The summed E-state index contributed by atoms with van der Waals surface area (Å²) in [7, 11) is 0. The van der Waals surface area contributed by atoms with Gasteiger partial charge in [0.05, 0.1) is 11.6 Å². The Morgan fingerprint density at radius 1 is 1.45 bits per heavy atom. The standard InChI is InChI=1S/C18H17FNO.Y/c1-5-12-21-17-9-7-8-15(19)18(17)16-11-10-13(3)14(4)20(16)6-2;/h1,7-10H,4,6,12H2,2-3H3;/q-1;. The zero-order valence-electron chi connectivity index (χ0n) is 12.8. The molecule has 2 rings (SSSR count). The molecule has 1 radical (unpaired) electrons. The van der Waals surface area contributed by atoms with E-state index in [1.165, 1.54) is 6.07 Å². The van der Waals surface area contributed by atoms with Crippen LogP contribution >= 0.6 is 0 Å². The molecule has 1 heterocycles. The van der Waals surface area contributed by atoms with Crippen molar-refractivity contribution in [3.8, 4) is 18.1 Å². The first-order chi connectivity index (χ1) is 10.1. The third kappa shape index (κ3) is 3.69. The van der Waals surface area contributed by atoms with Gasteiger partial charge in [0.1, 0.15) is 6.61 Å². The van der Waals surface area contributed by atoms with Crippen LogP contribution in [-0.4, -0.2) is 18.1 Å². The van der Waals surface area contributed by atoms with E-state index in [9.17, 15) is 4.39 Å². The maximum absolute atomic E-state index is 14.3. The van der Waals surface area contributed by atoms with E-state index in [1.807, 2.05) is 18.7 Å². The molecule has 0 saturated heterocycles. The van der Waals surface area contributed by atoms with Crippen LogP contribution in [0.25, 0.3) is 5.70 Å². The molecule has 2 nitrogen and oxygen atoms in total. The zero-order chi connectivity index (χ0) is 15.4. The van der Waals surface area contributed by atoms with Crippen LogP contribution in [0.3, 0.4) is 0 Å². The van der Waals surface area contributed by atoms with Crippen molar-refractivity contribution in [3.05, 3.63) is 59.6 Å². The summed E-state index contributed by atoms with van der Waals surface area (Å²) in [6.07, 6.45) is 10.1. The Morgan fingerprint density at radius 3 is 2.82 bits per heavy atom. The second-order valence-electron chi connectivity index (χ2n) is 4.62. The van der Waals surface area contributed by atoms with Crippen LogP contribution < -0.4 is 4.74 Å². The van der Waals surface area contributed by atoms with Crippen molar-refractivity contribution >= 4 is 5.70 Å². The van der Waals surface area contributed by atoms with Crippen molar-refractivity contribution in [2.75, 3.05) is 13.2 Å². The molecular weight excluding hydrogens is 354 g/mol. The minimum absolute atomic E-state index is 0. The van der Waals surface area contributed by atoms with Gasteiger partial charge in [-0.1, -0.05) is 31.2 Å². The average Bonchev–Trinajstić information content (AvgIpc) is 2.48. The molecule has 0 N–H and O–H groups in total. The zero-order valence-corrected chi connectivity index (χ0v) is 15.7. The third-order valence-corrected chi connectivity index (χ3v) is 3.32. The number of rotatable bonds is 4. The van der Waals surface area contributed by atoms with Crippen LogP contribution in [0, 0.1) is 24.2 Å². The molecule has 1 aromatic carbocycles. The van der Waals surface area contributed by atoms with Gasteiger partial charge in [0.25, 0.3) is 0 Å². The molecule has 0 aliphatic carbocycles. The summed E-state index contributed by atoms with van der Waals surface area (Å²) >= 11 is 0. The fourth-order valence-corrected chi connectivity index (χ4v) is 2.22. The van der Waals surface area contributed by atoms with E-state index in [0.29, 0.717) is 23.6 Å². The van der Waals surface area contributed by atoms with Crippen LogP contribution in [-0.2, 0) is 32.7 Å². The fourth-order valence-electron chi connectivity index (χ4n) is 2.22. The van der Waals surface area contributed by atoms with Crippen molar-refractivity contribution in [2.24, 2.45) is 0 Å². The SMILES string of the molecule is C#CCOc1cccc(F)c1C1=[C-]C=C(C)C(=C)N1CC.[Y]. The number of halogens is 1. The normalized spacial score (nSPS) is 13.7. The predicted octanol–water partition coefficient (Wildman–Crippen LogP) is 3.77. The van der Waals surface area contributed by atoms with Crippen molar-refractivity contribution in [2.45, 2.75) is 13.8 Å². The quantitative estimate of drug-likeness (QED) is 0.590. The smallest absolute Gasteiger partial charge is 0.147 e. The average molecular weight is 371 g/mol. The maximum atomic E-state index is 14.3. The molecule has 1 aliphatic heterocycles. The Hall–Kier alpha value is -1.37. The van der Waals surface area contributed by atoms with Gasteiger partial charge >= 0.3 is 0 Å². The van der Waals surface area contributed by atoms with Crippen LogP contribution in [0.5, 0.6) is 5.75 Å². The molecule has 0 saturated carbocycles. The van der Waals surface area contributed by atoms with E-state index >= 15 is 0 Å². The molecule has 1 aliphatic rings. The summed E-state index contributed by atoms with van der Waals surface area (Å²) in [5, 5.41) is 0. The Kier molecular flexibility index (Phi) is 7.06.